The summed E-state index contributed by atoms with van der Waals surface area (Å²) in [5.41, 5.74) is 0. The molecule has 0 aromatic heterocycles. The van der Waals surface area contributed by atoms with E-state index in [2.05, 4.69) is 17.0 Å². The van der Waals surface area contributed by atoms with Crippen molar-refractivity contribution in [1.82, 2.24) is 10.0 Å². The Morgan fingerprint density at radius 3 is 2.77 bits per heavy atom. The van der Waals surface area contributed by atoms with Gasteiger partial charge in [-0.1, -0.05) is 13.3 Å². The lowest BCUT2D eigenvalue weighted by atomic mass is 10.0. The van der Waals surface area contributed by atoms with Crippen LogP contribution in [-0.2, 0) is 10.2 Å². The number of nitrogens with one attached hydrogen (secondary N) is 2. The van der Waals surface area contributed by atoms with Gasteiger partial charge in [-0.25, -0.2) is 9.86 Å². The van der Waals surface area contributed by atoms with E-state index in [0.29, 0.717) is 12.5 Å². The van der Waals surface area contributed by atoms with Gasteiger partial charge in [0.1, 0.15) is 0 Å². The first-order valence-electron chi connectivity index (χ1n) is 4.52. The molecule has 0 aliphatic carbocycles. The van der Waals surface area contributed by atoms with Gasteiger partial charge in [-0.3, -0.25) is 0 Å². The topological polar surface area (TPSA) is 84.2 Å². The van der Waals surface area contributed by atoms with Crippen LogP contribution in [0.3, 0.4) is 0 Å². The number of rotatable bonds is 4. The summed E-state index contributed by atoms with van der Waals surface area (Å²) in [5.74, 6) is 0.673. The van der Waals surface area contributed by atoms with Crippen LogP contribution in [0.15, 0.2) is 0 Å². The average Bonchev–Trinajstić information content (AvgIpc) is 2.47. The molecular formula is C7H17N3O2S. The largest absolute Gasteiger partial charge is 0.312 e. The molecule has 4 N–H and O–H groups in total. The summed E-state index contributed by atoms with van der Waals surface area (Å²) in [6.45, 7) is 3.52. The van der Waals surface area contributed by atoms with Crippen LogP contribution in [0.25, 0.3) is 0 Å². The van der Waals surface area contributed by atoms with Crippen molar-refractivity contribution in [3.8, 4) is 0 Å². The molecule has 1 rings (SSSR count). The Morgan fingerprint density at radius 2 is 2.31 bits per heavy atom. The summed E-state index contributed by atoms with van der Waals surface area (Å²) in [4.78, 5) is 0. The van der Waals surface area contributed by atoms with Gasteiger partial charge in [-0.15, -0.1) is 0 Å². The van der Waals surface area contributed by atoms with E-state index >= 15 is 0 Å². The highest BCUT2D eigenvalue weighted by molar-refractivity contribution is 7.87. The quantitative estimate of drug-likeness (QED) is 0.562. The maximum absolute atomic E-state index is 10.6. The molecular weight excluding hydrogens is 190 g/mol. The Kier molecular flexibility index (Phi) is 3.66. The van der Waals surface area contributed by atoms with Crippen LogP contribution in [-0.4, -0.2) is 27.5 Å². The minimum absolute atomic E-state index is 0.239. The molecule has 0 saturated carbocycles. The summed E-state index contributed by atoms with van der Waals surface area (Å²) < 4.78 is 23.5. The minimum Gasteiger partial charge on any atom is -0.312 e. The van der Waals surface area contributed by atoms with Crippen LogP contribution in [0.1, 0.15) is 19.8 Å². The monoisotopic (exact) mass is 207 g/mol. The molecule has 0 unspecified atom stereocenters. The first-order chi connectivity index (χ1) is 6.01. The van der Waals surface area contributed by atoms with Gasteiger partial charge in [0.05, 0.1) is 0 Å². The Hall–Kier alpha value is -0.170. The minimum atomic E-state index is -3.53. The zero-order valence-corrected chi connectivity index (χ0v) is 8.60. The fourth-order valence-electron chi connectivity index (χ4n) is 1.59. The molecule has 78 valence electrons. The van der Waals surface area contributed by atoms with Crippen LogP contribution in [0, 0.1) is 5.92 Å². The molecule has 0 aromatic carbocycles. The molecule has 2 atom stereocenters. The van der Waals surface area contributed by atoms with Gasteiger partial charge in [0.25, 0.3) is 10.2 Å². The third-order valence-electron chi connectivity index (χ3n) is 2.42. The fourth-order valence-corrected chi connectivity index (χ4v) is 2.02. The van der Waals surface area contributed by atoms with E-state index < -0.39 is 10.2 Å². The van der Waals surface area contributed by atoms with Gasteiger partial charge in [-0.05, 0) is 18.9 Å². The summed E-state index contributed by atoms with van der Waals surface area (Å²) in [6, 6.07) is 0.239. The number of hydrogen-bond acceptors (Lipinski definition) is 3. The summed E-state index contributed by atoms with van der Waals surface area (Å²) >= 11 is 0. The van der Waals surface area contributed by atoms with Gasteiger partial charge in [0, 0.05) is 12.6 Å². The standard InChI is InChI=1S/C7H17N3O2S/c1-2-6-3-7(9-4-6)5-10-13(8,11)12/h6-7,9-10H,2-5H2,1H3,(H2,8,11,12)/t6-,7-/m0/s1. The second kappa shape index (κ2) is 4.36. The Balaban J connectivity index is 2.25. The summed E-state index contributed by atoms with van der Waals surface area (Å²) in [6.07, 6.45) is 2.16. The molecule has 0 bridgehead atoms. The molecule has 6 heteroatoms. The molecule has 1 saturated heterocycles. The normalized spacial score (nSPS) is 29.4. The average molecular weight is 207 g/mol. The molecule has 1 heterocycles. The molecule has 1 aliphatic heterocycles. The van der Waals surface area contributed by atoms with Gasteiger partial charge in [0.2, 0.25) is 0 Å². The highest BCUT2D eigenvalue weighted by Gasteiger charge is 2.22. The van der Waals surface area contributed by atoms with Crippen LogP contribution in [0.4, 0.5) is 0 Å². The Labute approximate surface area is 79.3 Å². The van der Waals surface area contributed by atoms with Gasteiger partial charge in [-0.2, -0.15) is 8.42 Å². The van der Waals surface area contributed by atoms with Crippen molar-refractivity contribution in [3.05, 3.63) is 0 Å². The molecule has 0 aromatic rings. The van der Waals surface area contributed by atoms with Crippen molar-refractivity contribution in [2.24, 2.45) is 11.1 Å². The zero-order valence-electron chi connectivity index (χ0n) is 7.79. The van der Waals surface area contributed by atoms with Crippen LogP contribution in [0.2, 0.25) is 0 Å². The van der Waals surface area contributed by atoms with E-state index in [0.717, 1.165) is 19.4 Å². The summed E-state index contributed by atoms with van der Waals surface area (Å²) in [5, 5.41) is 8.06. The second-order valence-corrected chi connectivity index (χ2v) is 4.89. The zero-order chi connectivity index (χ0) is 9.90. The van der Waals surface area contributed by atoms with Crippen LogP contribution in [0.5, 0.6) is 0 Å². The van der Waals surface area contributed by atoms with Gasteiger partial charge >= 0.3 is 0 Å². The van der Waals surface area contributed by atoms with Crippen LogP contribution < -0.4 is 15.2 Å². The van der Waals surface area contributed by atoms with Crippen molar-refractivity contribution >= 4 is 10.2 Å². The highest BCUT2D eigenvalue weighted by Crippen LogP contribution is 2.16. The van der Waals surface area contributed by atoms with E-state index in [9.17, 15) is 8.42 Å². The maximum Gasteiger partial charge on any atom is 0.274 e. The molecule has 0 spiro atoms. The molecule has 1 aliphatic rings. The van der Waals surface area contributed by atoms with Crippen molar-refractivity contribution in [2.75, 3.05) is 13.1 Å². The van der Waals surface area contributed by atoms with Crippen molar-refractivity contribution < 1.29 is 8.42 Å². The van der Waals surface area contributed by atoms with E-state index in [-0.39, 0.29) is 6.04 Å². The van der Waals surface area contributed by atoms with Crippen molar-refractivity contribution in [2.45, 2.75) is 25.8 Å². The lowest BCUT2D eigenvalue weighted by Crippen LogP contribution is -2.40. The Bertz CT molecular complexity index is 252. The third-order valence-corrected chi connectivity index (χ3v) is 2.99. The SMILES string of the molecule is CC[C@@H]1CN[C@H](CNS(N)(=O)=O)C1. The third kappa shape index (κ3) is 4.04. The maximum atomic E-state index is 10.6. The van der Waals surface area contributed by atoms with Crippen LogP contribution >= 0.6 is 0 Å². The van der Waals surface area contributed by atoms with E-state index in [4.69, 9.17) is 5.14 Å². The highest BCUT2D eigenvalue weighted by atomic mass is 32.2. The van der Waals surface area contributed by atoms with Crippen molar-refractivity contribution in [3.63, 3.8) is 0 Å². The Morgan fingerprint density at radius 1 is 1.62 bits per heavy atom. The smallest absolute Gasteiger partial charge is 0.274 e. The lowest BCUT2D eigenvalue weighted by Gasteiger charge is -2.09. The van der Waals surface area contributed by atoms with Gasteiger partial charge in [0.15, 0.2) is 0 Å². The molecule has 1 fully saturated rings. The second-order valence-electron chi connectivity index (χ2n) is 3.51. The van der Waals surface area contributed by atoms with Gasteiger partial charge < -0.3 is 5.32 Å². The van der Waals surface area contributed by atoms with E-state index in [1.807, 2.05) is 0 Å². The predicted molar refractivity (Wildman–Crippen MR) is 51.3 cm³/mol. The van der Waals surface area contributed by atoms with E-state index in [1.165, 1.54) is 0 Å². The summed E-state index contributed by atoms with van der Waals surface area (Å²) in [7, 11) is -3.53. The first-order valence-corrected chi connectivity index (χ1v) is 6.06. The predicted octanol–water partition coefficient (Wildman–Crippen LogP) is -0.832. The van der Waals surface area contributed by atoms with E-state index in [1.54, 1.807) is 0 Å². The first kappa shape index (κ1) is 10.9. The fraction of sp³-hybridized carbons (Fsp3) is 1.00. The number of hydrogen-bond donors (Lipinski definition) is 3. The number of nitrogens with two attached hydrogens (primary N) is 1. The molecule has 0 amide bonds. The lowest BCUT2D eigenvalue weighted by molar-refractivity contribution is 0.525. The molecule has 13 heavy (non-hydrogen) atoms. The van der Waals surface area contributed by atoms with Crippen molar-refractivity contribution in [1.29, 1.82) is 0 Å². The molecule has 0 radical (unpaired) electrons. The molecule has 5 nitrogen and oxygen atoms in total.